The van der Waals surface area contributed by atoms with Gasteiger partial charge in [0.25, 0.3) is 5.69 Å². The van der Waals surface area contributed by atoms with Crippen LogP contribution in [0.25, 0.3) is 0 Å². The summed E-state index contributed by atoms with van der Waals surface area (Å²) in [5.41, 5.74) is 3.27. The highest BCUT2D eigenvalue weighted by atomic mass is 16.6. The van der Waals surface area contributed by atoms with Gasteiger partial charge in [-0.3, -0.25) is 19.7 Å². The van der Waals surface area contributed by atoms with E-state index >= 15 is 0 Å². The Morgan fingerprint density at radius 3 is 2.51 bits per heavy atom. The number of amides is 1. The van der Waals surface area contributed by atoms with Crippen LogP contribution >= 0.6 is 0 Å². The zero-order chi connectivity index (χ0) is 27.7. The summed E-state index contributed by atoms with van der Waals surface area (Å²) >= 11 is 0. The Morgan fingerprint density at radius 2 is 1.79 bits per heavy atom. The van der Waals surface area contributed by atoms with E-state index in [1.165, 1.54) is 12.1 Å². The smallest absolute Gasteiger partial charge is 0.269 e. The van der Waals surface area contributed by atoms with Crippen molar-refractivity contribution in [3.05, 3.63) is 99.7 Å². The topological polar surface area (TPSA) is 111 Å². The van der Waals surface area contributed by atoms with Crippen LogP contribution in [0.4, 0.5) is 17.1 Å². The first-order valence-electron chi connectivity index (χ1n) is 12.7. The fourth-order valence-corrected chi connectivity index (χ4v) is 5.53. The molecule has 9 heteroatoms. The average Bonchev–Trinajstić information content (AvgIpc) is 3.11. The second-order valence-corrected chi connectivity index (χ2v) is 9.55. The van der Waals surface area contributed by atoms with Gasteiger partial charge >= 0.3 is 0 Å². The van der Waals surface area contributed by atoms with Crippen LogP contribution in [-0.4, -0.2) is 30.8 Å². The number of para-hydroxylation sites is 2. The Morgan fingerprint density at radius 1 is 1.03 bits per heavy atom. The average molecular weight is 528 g/mol. The van der Waals surface area contributed by atoms with Crippen molar-refractivity contribution in [3.63, 3.8) is 0 Å². The third-order valence-corrected chi connectivity index (χ3v) is 7.35. The largest absolute Gasteiger partial charge is 0.493 e. The molecular weight excluding hydrogens is 498 g/mol. The van der Waals surface area contributed by atoms with E-state index in [-0.39, 0.29) is 36.1 Å². The van der Waals surface area contributed by atoms with Crippen LogP contribution in [0.5, 0.6) is 11.5 Å². The highest BCUT2D eigenvalue weighted by molar-refractivity contribution is 6.01. The molecule has 0 aromatic heterocycles. The molecule has 0 spiro atoms. The SMILES string of the molecule is CCC(=O)N1c2ccccc2NC2=CC(c3ccc(OC)c(OC)c3)CC(=O)C2C1c1cccc([N+](=O)[O-])c1. The van der Waals surface area contributed by atoms with Crippen molar-refractivity contribution in [2.75, 3.05) is 24.4 Å². The van der Waals surface area contributed by atoms with E-state index in [0.717, 1.165) is 5.56 Å². The summed E-state index contributed by atoms with van der Waals surface area (Å²) in [7, 11) is 3.13. The minimum absolute atomic E-state index is 0.0713. The molecule has 3 atom stereocenters. The van der Waals surface area contributed by atoms with Gasteiger partial charge in [-0.25, -0.2) is 0 Å². The number of Topliss-reactive ketones (excluding diaryl/α,β-unsaturated/α-hetero) is 1. The molecule has 1 amide bonds. The predicted octanol–water partition coefficient (Wildman–Crippen LogP) is 5.78. The second kappa shape index (κ2) is 10.6. The van der Waals surface area contributed by atoms with Gasteiger partial charge in [-0.2, -0.15) is 0 Å². The van der Waals surface area contributed by atoms with Gasteiger partial charge in [-0.15, -0.1) is 0 Å². The predicted molar refractivity (Wildman–Crippen MR) is 147 cm³/mol. The van der Waals surface area contributed by atoms with Crippen molar-refractivity contribution < 1.29 is 24.0 Å². The number of benzene rings is 3. The molecule has 1 heterocycles. The molecule has 3 aromatic carbocycles. The standard InChI is InChI=1S/C30H29N3O6/c1-4-28(35)32-24-11-6-5-10-22(24)31-23-15-20(18-12-13-26(38-2)27(17-18)39-3)16-25(34)29(23)30(32)19-8-7-9-21(14-19)33(36)37/h5-15,17,20,29-31H,4,16H2,1-3H3. The van der Waals surface area contributed by atoms with Crippen molar-refractivity contribution in [2.24, 2.45) is 5.92 Å². The first-order chi connectivity index (χ1) is 18.9. The number of hydrogen-bond donors (Lipinski definition) is 1. The summed E-state index contributed by atoms with van der Waals surface area (Å²) in [6.07, 6.45) is 2.42. The summed E-state index contributed by atoms with van der Waals surface area (Å²) in [6, 6.07) is 18.4. The first kappa shape index (κ1) is 26.0. The van der Waals surface area contributed by atoms with Gasteiger partial charge < -0.3 is 19.7 Å². The van der Waals surface area contributed by atoms with Gasteiger partial charge in [0, 0.05) is 36.6 Å². The van der Waals surface area contributed by atoms with Gasteiger partial charge in [-0.1, -0.05) is 43.3 Å². The number of ketones is 1. The first-order valence-corrected chi connectivity index (χ1v) is 12.7. The number of rotatable bonds is 6. The lowest BCUT2D eigenvalue weighted by Crippen LogP contribution is -2.42. The summed E-state index contributed by atoms with van der Waals surface area (Å²) in [6.45, 7) is 1.76. The molecule has 39 heavy (non-hydrogen) atoms. The third kappa shape index (κ3) is 4.71. The van der Waals surface area contributed by atoms with Crippen molar-refractivity contribution >= 4 is 28.8 Å². The van der Waals surface area contributed by atoms with E-state index in [1.54, 1.807) is 38.2 Å². The summed E-state index contributed by atoms with van der Waals surface area (Å²) in [5, 5.41) is 15.1. The Hall–Kier alpha value is -4.66. The molecule has 0 radical (unpaired) electrons. The summed E-state index contributed by atoms with van der Waals surface area (Å²) in [4.78, 5) is 40.3. The Bertz CT molecular complexity index is 1480. The van der Waals surface area contributed by atoms with Gasteiger partial charge in [0.05, 0.1) is 42.5 Å². The van der Waals surface area contributed by atoms with Crippen LogP contribution in [0.2, 0.25) is 0 Å². The molecule has 9 nitrogen and oxygen atoms in total. The van der Waals surface area contributed by atoms with Crippen molar-refractivity contribution in [2.45, 2.75) is 31.7 Å². The van der Waals surface area contributed by atoms with Crippen LogP contribution < -0.4 is 19.7 Å². The molecule has 3 unspecified atom stereocenters. The quantitative estimate of drug-likeness (QED) is 0.320. The minimum atomic E-state index is -0.765. The van der Waals surface area contributed by atoms with E-state index in [4.69, 9.17) is 9.47 Å². The molecule has 0 saturated heterocycles. The molecule has 200 valence electrons. The second-order valence-electron chi connectivity index (χ2n) is 9.55. The van der Waals surface area contributed by atoms with Crippen LogP contribution in [-0.2, 0) is 9.59 Å². The number of carbonyl (C=O) groups excluding carboxylic acids is 2. The number of nitrogens with zero attached hydrogens (tertiary/aromatic N) is 2. The van der Waals surface area contributed by atoms with Gasteiger partial charge in [0.2, 0.25) is 5.91 Å². The lowest BCUT2D eigenvalue weighted by atomic mass is 9.76. The monoisotopic (exact) mass is 527 g/mol. The highest BCUT2D eigenvalue weighted by Gasteiger charge is 2.45. The number of hydrogen-bond acceptors (Lipinski definition) is 7. The third-order valence-electron chi connectivity index (χ3n) is 7.35. The van der Waals surface area contributed by atoms with Crippen LogP contribution in [0.15, 0.2) is 78.5 Å². The van der Waals surface area contributed by atoms with E-state index < -0.39 is 16.9 Å². The van der Waals surface area contributed by atoms with E-state index in [0.29, 0.717) is 34.1 Å². The number of nitro benzene ring substituents is 1. The number of nitrogens with one attached hydrogen (secondary N) is 1. The van der Waals surface area contributed by atoms with Crippen LogP contribution in [0.3, 0.4) is 0 Å². The molecular formula is C30H29N3O6. The Kier molecular flexibility index (Phi) is 7.06. The van der Waals surface area contributed by atoms with E-state index in [1.807, 2.05) is 48.5 Å². The van der Waals surface area contributed by atoms with Gasteiger partial charge in [0.15, 0.2) is 11.5 Å². The number of carbonyl (C=O) groups is 2. The number of nitro groups is 1. The lowest BCUT2D eigenvalue weighted by Gasteiger charge is -2.37. The Balaban J connectivity index is 1.70. The maximum atomic E-state index is 14.0. The van der Waals surface area contributed by atoms with Crippen molar-refractivity contribution in [3.8, 4) is 11.5 Å². The van der Waals surface area contributed by atoms with Crippen LogP contribution in [0, 0.1) is 16.0 Å². The van der Waals surface area contributed by atoms with E-state index in [9.17, 15) is 19.7 Å². The fraction of sp³-hybridized carbons (Fsp3) is 0.267. The van der Waals surface area contributed by atoms with Crippen molar-refractivity contribution in [1.82, 2.24) is 0 Å². The lowest BCUT2D eigenvalue weighted by molar-refractivity contribution is -0.384. The number of anilines is 2. The molecule has 1 aliphatic heterocycles. The molecule has 5 rings (SSSR count). The Labute approximate surface area is 226 Å². The maximum absolute atomic E-state index is 14.0. The van der Waals surface area contributed by atoms with Crippen LogP contribution in [0.1, 0.15) is 42.9 Å². The normalized spacial score (nSPS) is 20.1. The van der Waals surface area contributed by atoms with Crippen molar-refractivity contribution in [1.29, 1.82) is 0 Å². The van der Waals surface area contributed by atoms with E-state index in [2.05, 4.69) is 5.32 Å². The number of ether oxygens (including phenoxy) is 2. The van der Waals surface area contributed by atoms with Gasteiger partial charge in [-0.05, 0) is 35.4 Å². The molecule has 0 saturated carbocycles. The molecule has 2 aliphatic rings. The molecule has 3 aromatic rings. The number of non-ortho nitro benzene ring substituents is 1. The highest BCUT2D eigenvalue weighted by Crippen LogP contribution is 2.48. The number of methoxy groups -OCH3 is 2. The number of fused-ring (bicyclic) bond motifs is 2. The molecule has 1 aliphatic carbocycles. The van der Waals surface area contributed by atoms with Gasteiger partial charge in [0.1, 0.15) is 5.78 Å². The molecule has 1 N–H and O–H groups in total. The zero-order valence-corrected chi connectivity index (χ0v) is 21.9. The summed E-state index contributed by atoms with van der Waals surface area (Å²) in [5.74, 6) is -0.0882. The molecule has 0 fully saturated rings. The minimum Gasteiger partial charge on any atom is -0.493 e. The number of allylic oxidation sites excluding steroid dienone is 1. The zero-order valence-electron chi connectivity index (χ0n) is 21.9. The maximum Gasteiger partial charge on any atom is 0.269 e. The summed E-state index contributed by atoms with van der Waals surface area (Å²) < 4.78 is 10.9. The fourth-order valence-electron chi connectivity index (χ4n) is 5.53. The molecule has 0 bridgehead atoms.